The van der Waals surface area contributed by atoms with Gasteiger partial charge in [-0.15, -0.1) is 0 Å². The molecule has 3 rings (SSSR count). The van der Waals surface area contributed by atoms with E-state index < -0.39 is 6.09 Å². The molecule has 0 aliphatic heterocycles. The van der Waals surface area contributed by atoms with Crippen molar-refractivity contribution in [3.63, 3.8) is 0 Å². The van der Waals surface area contributed by atoms with Crippen molar-refractivity contribution in [2.75, 3.05) is 5.32 Å². The Morgan fingerprint density at radius 2 is 1.68 bits per heavy atom. The van der Waals surface area contributed by atoms with Gasteiger partial charge in [0.1, 0.15) is 0 Å². The van der Waals surface area contributed by atoms with Crippen molar-refractivity contribution in [3.05, 3.63) is 82.9 Å². The first-order valence-electron chi connectivity index (χ1n) is 7.94. The molecule has 0 bridgehead atoms. The number of ether oxygens (including phenoxy) is 1. The molecule has 0 unspecified atom stereocenters. The topological polar surface area (TPSA) is 38.3 Å². The molecule has 0 saturated carbocycles. The standard InChI is InChI=1S/C21H18ClNO2/c1-14-8-9-15(2)19(12-14)23-21(24)25-20-11-10-17(13-18(20)22)16-6-4-3-5-7-16/h3-13H,1-2H3,(H,23,24). The largest absolute Gasteiger partial charge is 0.417 e. The van der Waals surface area contributed by atoms with Crippen LogP contribution in [0.4, 0.5) is 10.5 Å². The smallest absolute Gasteiger partial charge is 0.409 e. The number of rotatable bonds is 3. The normalized spacial score (nSPS) is 10.4. The number of hydrogen-bond acceptors (Lipinski definition) is 2. The molecule has 25 heavy (non-hydrogen) atoms. The minimum Gasteiger partial charge on any atom is -0.409 e. The molecule has 126 valence electrons. The predicted molar refractivity (Wildman–Crippen MR) is 102 cm³/mol. The van der Waals surface area contributed by atoms with Crippen molar-refractivity contribution in [3.8, 4) is 16.9 Å². The second kappa shape index (κ2) is 7.41. The molecule has 0 spiro atoms. The summed E-state index contributed by atoms with van der Waals surface area (Å²) in [5.41, 5.74) is 4.77. The number of aryl methyl sites for hydroxylation is 2. The van der Waals surface area contributed by atoms with Gasteiger partial charge < -0.3 is 4.74 Å². The lowest BCUT2D eigenvalue weighted by Crippen LogP contribution is -2.17. The van der Waals surface area contributed by atoms with Gasteiger partial charge in [0.05, 0.1) is 5.02 Å². The van der Waals surface area contributed by atoms with Crippen LogP contribution in [0.3, 0.4) is 0 Å². The monoisotopic (exact) mass is 351 g/mol. The highest BCUT2D eigenvalue weighted by molar-refractivity contribution is 6.32. The van der Waals surface area contributed by atoms with E-state index >= 15 is 0 Å². The summed E-state index contributed by atoms with van der Waals surface area (Å²) in [7, 11) is 0. The zero-order chi connectivity index (χ0) is 17.8. The molecule has 3 nitrogen and oxygen atoms in total. The van der Waals surface area contributed by atoms with E-state index in [1.165, 1.54) is 0 Å². The number of halogens is 1. The summed E-state index contributed by atoms with van der Waals surface area (Å²) in [5.74, 6) is 0.323. The number of carbonyl (C=O) groups is 1. The van der Waals surface area contributed by atoms with Gasteiger partial charge in [0, 0.05) is 5.69 Å². The molecule has 0 aromatic heterocycles. The molecule has 1 N–H and O–H groups in total. The number of hydrogen-bond donors (Lipinski definition) is 1. The molecule has 0 aliphatic carbocycles. The lowest BCUT2D eigenvalue weighted by molar-refractivity contribution is 0.215. The highest BCUT2D eigenvalue weighted by Gasteiger charge is 2.11. The fourth-order valence-electron chi connectivity index (χ4n) is 2.50. The molecular formula is C21H18ClNO2. The van der Waals surface area contributed by atoms with Crippen molar-refractivity contribution in [2.24, 2.45) is 0 Å². The van der Waals surface area contributed by atoms with E-state index in [0.29, 0.717) is 10.8 Å². The third kappa shape index (κ3) is 4.20. The number of amides is 1. The molecule has 3 aromatic rings. The number of nitrogens with one attached hydrogen (secondary N) is 1. The third-order valence-corrected chi connectivity index (χ3v) is 4.17. The van der Waals surface area contributed by atoms with E-state index in [9.17, 15) is 4.79 Å². The minimum atomic E-state index is -0.567. The van der Waals surface area contributed by atoms with Gasteiger partial charge in [-0.05, 0) is 54.3 Å². The van der Waals surface area contributed by atoms with Crippen LogP contribution in [-0.2, 0) is 0 Å². The van der Waals surface area contributed by atoms with Gasteiger partial charge in [-0.25, -0.2) is 4.79 Å². The van der Waals surface area contributed by atoms with Crippen LogP contribution in [0.25, 0.3) is 11.1 Å². The summed E-state index contributed by atoms with van der Waals surface area (Å²) in [6.45, 7) is 3.89. The maximum absolute atomic E-state index is 12.2. The van der Waals surface area contributed by atoms with Gasteiger partial charge in [0.2, 0.25) is 0 Å². The SMILES string of the molecule is Cc1ccc(C)c(NC(=O)Oc2ccc(-c3ccccc3)cc2Cl)c1. The van der Waals surface area contributed by atoms with E-state index in [-0.39, 0.29) is 0 Å². The first-order valence-corrected chi connectivity index (χ1v) is 8.32. The molecule has 0 atom stereocenters. The van der Waals surface area contributed by atoms with Gasteiger partial charge in [0.25, 0.3) is 0 Å². The van der Waals surface area contributed by atoms with Crippen LogP contribution in [0.1, 0.15) is 11.1 Å². The summed E-state index contributed by atoms with van der Waals surface area (Å²) in [6.07, 6.45) is -0.567. The molecule has 0 aliphatic rings. The Morgan fingerprint density at radius 3 is 2.40 bits per heavy atom. The van der Waals surface area contributed by atoms with Gasteiger partial charge in [-0.3, -0.25) is 5.32 Å². The Hall–Kier alpha value is -2.78. The van der Waals surface area contributed by atoms with Gasteiger partial charge in [0.15, 0.2) is 5.75 Å². The lowest BCUT2D eigenvalue weighted by atomic mass is 10.1. The molecule has 0 heterocycles. The summed E-state index contributed by atoms with van der Waals surface area (Å²) in [5, 5.41) is 3.14. The maximum Gasteiger partial charge on any atom is 0.417 e. The Labute approximate surface area is 152 Å². The van der Waals surface area contributed by atoms with Crippen LogP contribution in [0.5, 0.6) is 5.75 Å². The average Bonchev–Trinajstić information content (AvgIpc) is 2.60. The Balaban J connectivity index is 1.74. The van der Waals surface area contributed by atoms with Crippen molar-refractivity contribution in [2.45, 2.75) is 13.8 Å². The van der Waals surface area contributed by atoms with E-state index in [4.69, 9.17) is 16.3 Å². The Kier molecular flexibility index (Phi) is 5.05. The van der Waals surface area contributed by atoms with Crippen LogP contribution in [-0.4, -0.2) is 6.09 Å². The van der Waals surface area contributed by atoms with E-state index in [2.05, 4.69) is 5.32 Å². The molecular weight excluding hydrogens is 334 g/mol. The van der Waals surface area contributed by atoms with Crippen LogP contribution in [0.2, 0.25) is 5.02 Å². The van der Waals surface area contributed by atoms with E-state index in [0.717, 1.165) is 27.9 Å². The zero-order valence-corrected chi connectivity index (χ0v) is 14.8. The molecule has 0 fully saturated rings. The molecule has 4 heteroatoms. The van der Waals surface area contributed by atoms with Crippen LogP contribution in [0.15, 0.2) is 66.7 Å². The molecule has 0 radical (unpaired) electrons. The summed E-state index contributed by atoms with van der Waals surface area (Å²) < 4.78 is 5.35. The number of benzene rings is 3. The van der Waals surface area contributed by atoms with Crippen LogP contribution < -0.4 is 10.1 Å². The van der Waals surface area contributed by atoms with Crippen molar-refractivity contribution in [1.82, 2.24) is 0 Å². The fourth-order valence-corrected chi connectivity index (χ4v) is 2.72. The fraction of sp³-hybridized carbons (Fsp3) is 0.0952. The second-order valence-electron chi connectivity index (χ2n) is 5.84. The zero-order valence-electron chi connectivity index (χ0n) is 14.0. The van der Waals surface area contributed by atoms with Crippen molar-refractivity contribution < 1.29 is 9.53 Å². The van der Waals surface area contributed by atoms with Gasteiger partial charge in [-0.2, -0.15) is 0 Å². The molecule has 0 saturated heterocycles. The third-order valence-electron chi connectivity index (χ3n) is 3.87. The summed E-state index contributed by atoms with van der Waals surface area (Å²) in [6, 6.07) is 21.1. The van der Waals surface area contributed by atoms with Crippen molar-refractivity contribution in [1.29, 1.82) is 0 Å². The predicted octanol–water partition coefficient (Wildman–Crippen LogP) is 6.23. The Bertz CT molecular complexity index is 907. The molecule has 3 aromatic carbocycles. The number of anilines is 1. The van der Waals surface area contributed by atoms with E-state index in [1.807, 2.05) is 68.4 Å². The van der Waals surface area contributed by atoms with E-state index in [1.54, 1.807) is 12.1 Å². The number of carbonyl (C=O) groups excluding carboxylic acids is 1. The summed E-state index contributed by atoms with van der Waals surface area (Å²) in [4.78, 5) is 12.2. The minimum absolute atomic E-state index is 0.323. The van der Waals surface area contributed by atoms with Gasteiger partial charge >= 0.3 is 6.09 Å². The second-order valence-corrected chi connectivity index (χ2v) is 6.25. The van der Waals surface area contributed by atoms with Crippen molar-refractivity contribution >= 4 is 23.4 Å². The van der Waals surface area contributed by atoms with Gasteiger partial charge in [-0.1, -0.05) is 60.1 Å². The van der Waals surface area contributed by atoms with Crippen LogP contribution in [0, 0.1) is 13.8 Å². The summed E-state index contributed by atoms with van der Waals surface area (Å²) >= 11 is 6.28. The highest BCUT2D eigenvalue weighted by atomic mass is 35.5. The first-order chi connectivity index (χ1) is 12.0. The highest BCUT2D eigenvalue weighted by Crippen LogP contribution is 2.30. The molecule has 1 amide bonds. The average molecular weight is 352 g/mol. The Morgan fingerprint density at radius 1 is 0.920 bits per heavy atom. The quantitative estimate of drug-likeness (QED) is 0.607. The first kappa shape index (κ1) is 17.1. The van der Waals surface area contributed by atoms with Crippen LogP contribution >= 0.6 is 11.6 Å². The lowest BCUT2D eigenvalue weighted by Gasteiger charge is -2.11. The maximum atomic E-state index is 12.2.